The van der Waals surface area contributed by atoms with E-state index in [1.54, 1.807) is 58.0 Å². The zero-order valence-electron chi connectivity index (χ0n) is 14.6. The molecule has 0 bridgehead atoms. The van der Waals surface area contributed by atoms with Crippen molar-refractivity contribution in [2.75, 3.05) is 0 Å². The highest BCUT2D eigenvalue weighted by Crippen LogP contribution is 2.44. The summed E-state index contributed by atoms with van der Waals surface area (Å²) in [5, 5.41) is 0. The van der Waals surface area contributed by atoms with Crippen molar-refractivity contribution in [3.8, 4) is 0 Å². The van der Waals surface area contributed by atoms with Crippen molar-refractivity contribution in [2.24, 2.45) is 0 Å². The minimum Gasteiger partial charge on any atom is -0.393 e. The molecule has 25 heavy (non-hydrogen) atoms. The van der Waals surface area contributed by atoms with Gasteiger partial charge >= 0.3 is 6.97 Å². The Hall–Kier alpha value is -2.50. The van der Waals surface area contributed by atoms with Crippen molar-refractivity contribution in [3.63, 3.8) is 0 Å². The van der Waals surface area contributed by atoms with E-state index in [0.29, 0.717) is 33.9 Å². The molecule has 4 rings (SSSR count). The van der Waals surface area contributed by atoms with Crippen LogP contribution in [0.2, 0.25) is 0 Å². The highest BCUT2D eigenvalue weighted by Gasteiger charge is 2.55. The Morgan fingerprint density at radius 2 is 1.72 bits per heavy atom. The molecular weight excluding hydrogens is 324 g/mol. The van der Waals surface area contributed by atoms with Gasteiger partial charge in [-0.2, -0.15) is 0 Å². The molecule has 2 aliphatic rings. The van der Waals surface area contributed by atoms with E-state index in [4.69, 9.17) is 0 Å². The lowest BCUT2D eigenvalue weighted by Gasteiger charge is -2.34. The molecule has 6 heteroatoms. The molecule has 0 saturated heterocycles. The maximum Gasteiger partial charge on any atom is 0.737 e. The molecule has 1 aromatic heterocycles. The second-order valence-electron chi connectivity index (χ2n) is 6.82. The molecule has 0 unspecified atom stereocenters. The van der Waals surface area contributed by atoms with E-state index in [-0.39, 0.29) is 0 Å². The van der Waals surface area contributed by atoms with Crippen molar-refractivity contribution in [1.29, 1.82) is 0 Å². The molecule has 0 amide bonds. The van der Waals surface area contributed by atoms with Crippen LogP contribution in [0, 0.1) is 19.7 Å². The van der Waals surface area contributed by atoms with Gasteiger partial charge in [-0.15, -0.1) is 0 Å². The third kappa shape index (κ3) is 1.97. The Morgan fingerprint density at radius 3 is 2.40 bits per heavy atom. The highest BCUT2D eigenvalue weighted by atomic mass is 19.2. The predicted octanol–water partition coefficient (Wildman–Crippen LogP) is 4.67. The Bertz CT molecular complexity index is 1030. The molecule has 1 aromatic carbocycles. The minimum absolute atomic E-state index is 0.346. The van der Waals surface area contributed by atoms with Crippen LogP contribution < -0.4 is 0 Å². The first-order valence-corrected chi connectivity index (χ1v) is 8.27. The molecule has 2 aliphatic heterocycles. The average molecular weight is 342 g/mol. The number of allylic oxidation sites excluding steroid dienone is 2. The van der Waals surface area contributed by atoms with Gasteiger partial charge in [0.05, 0.1) is 5.57 Å². The van der Waals surface area contributed by atoms with Crippen molar-refractivity contribution in [1.82, 2.24) is 4.48 Å². The Morgan fingerprint density at radius 1 is 1.04 bits per heavy atom. The van der Waals surface area contributed by atoms with Crippen LogP contribution in [0.1, 0.15) is 36.4 Å². The molecule has 0 radical (unpaired) electrons. The van der Waals surface area contributed by atoms with Crippen LogP contribution in [0.4, 0.5) is 13.0 Å². The highest BCUT2D eigenvalue weighted by molar-refractivity contribution is 6.58. The molecule has 2 nitrogen and oxygen atoms in total. The van der Waals surface area contributed by atoms with Gasteiger partial charge in [0.2, 0.25) is 0 Å². The third-order valence-electron chi connectivity index (χ3n) is 5.08. The molecule has 0 fully saturated rings. The van der Waals surface area contributed by atoms with Crippen LogP contribution in [0.5, 0.6) is 0 Å². The van der Waals surface area contributed by atoms with Crippen molar-refractivity contribution in [3.05, 3.63) is 76.0 Å². The van der Waals surface area contributed by atoms with Gasteiger partial charge in [0.1, 0.15) is 11.5 Å². The van der Waals surface area contributed by atoms with Crippen LogP contribution in [0.3, 0.4) is 0 Å². The largest absolute Gasteiger partial charge is 0.737 e. The number of rotatable bonds is 1. The molecule has 0 saturated carbocycles. The van der Waals surface area contributed by atoms with Crippen LogP contribution in [-0.2, 0) is 0 Å². The number of aromatic nitrogens is 1. The van der Waals surface area contributed by atoms with Crippen molar-refractivity contribution < 1.29 is 17.5 Å². The quantitative estimate of drug-likeness (QED) is 0.666. The minimum atomic E-state index is -4.02. The third-order valence-corrected chi connectivity index (χ3v) is 5.08. The Kier molecular flexibility index (Phi) is 3.20. The predicted molar refractivity (Wildman–Crippen MR) is 94.4 cm³/mol. The topological polar surface area (TPSA) is 7.94 Å². The number of fused-ring (bicyclic) bond motifs is 2. The van der Waals surface area contributed by atoms with E-state index in [1.165, 1.54) is 6.07 Å². The first-order chi connectivity index (χ1) is 11.7. The van der Waals surface area contributed by atoms with Gasteiger partial charge in [-0.05, 0) is 44.2 Å². The summed E-state index contributed by atoms with van der Waals surface area (Å²) in [6.45, 7) is 2.91. The normalized spacial score (nSPS) is 18.4. The van der Waals surface area contributed by atoms with E-state index in [9.17, 15) is 4.39 Å². The molecule has 128 valence electrons. The van der Waals surface area contributed by atoms with Gasteiger partial charge in [-0.1, -0.05) is 18.2 Å². The first kappa shape index (κ1) is 16.0. The lowest BCUT2D eigenvalue weighted by Crippen LogP contribution is -2.51. The molecule has 0 aliphatic carbocycles. The standard InChI is InChI=1S/C19H18BF3N2/c1-11-9-13(3)24-18(11)17(15-7-5-6-8-16(15)21)19-12(2)10-14(4)25(19)20(24,22)23/h5-10H,1-4H3. The maximum atomic E-state index is 15.4. The second kappa shape index (κ2) is 5.00. The fraction of sp³-hybridized carbons (Fsp3) is 0.211. The van der Waals surface area contributed by atoms with E-state index >= 15 is 8.63 Å². The smallest absolute Gasteiger partial charge is 0.393 e. The summed E-state index contributed by atoms with van der Waals surface area (Å²) >= 11 is 0. The fourth-order valence-electron chi connectivity index (χ4n) is 4.22. The van der Waals surface area contributed by atoms with Crippen LogP contribution in [0.15, 0.2) is 47.7 Å². The van der Waals surface area contributed by atoms with Gasteiger partial charge in [-0.3, -0.25) is 0 Å². The van der Waals surface area contributed by atoms with E-state index < -0.39 is 12.8 Å². The monoisotopic (exact) mass is 342 g/mol. The number of hydrogen-bond acceptors (Lipinski definition) is 0. The summed E-state index contributed by atoms with van der Waals surface area (Å²) in [5.74, 6) is -0.412. The summed E-state index contributed by atoms with van der Waals surface area (Å²) in [6.07, 6.45) is 1.74. The van der Waals surface area contributed by atoms with Crippen molar-refractivity contribution >= 4 is 18.3 Å². The molecular formula is C19H18BF3N2. The number of nitrogens with zero attached hydrogens (tertiary/aromatic N) is 2. The summed E-state index contributed by atoms with van der Waals surface area (Å²) < 4.78 is 47.6. The number of aryl methyl sites for hydroxylation is 2. The second-order valence-corrected chi connectivity index (χ2v) is 6.82. The van der Waals surface area contributed by atoms with Gasteiger partial charge in [0, 0.05) is 29.8 Å². The van der Waals surface area contributed by atoms with E-state index in [1.807, 2.05) is 0 Å². The van der Waals surface area contributed by atoms with Gasteiger partial charge < -0.3 is 17.6 Å². The van der Waals surface area contributed by atoms with E-state index in [2.05, 4.69) is 0 Å². The molecule has 0 spiro atoms. The number of benzene rings is 1. The molecule has 0 atom stereocenters. The van der Waals surface area contributed by atoms with E-state index in [0.717, 1.165) is 20.1 Å². The van der Waals surface area contributed by atoms with Crippen LogP contribution >= 0.6 is 0 Å². The fourth-order valence-corrected chi connectivity index (χ4v) is 4.22. The first-order valence-electron chi connectivity index (χ1n) is 8.27. The zero-order chi connectivity index (χ0) is 18.1. The van der Waals surface area contributed by atoms with Gasteiger partial charge in [0.15, 0.2) is 5.70 Å². The lowest BCUT2D eigenvalue weighted by atomic mass is 9.83. The summed E-state index contributed by atoms with van der Waals surface area (Å²) in [6, 6.07) is 8.09. The SMILES string of the molecule is CC1=CC(C)=[N+]2C1=C(c1ccccc1F)c1c(C)cc(C)n1[B-]2(F)F. The Labute approximate surface area is 144 Å². The average Bonchev–Trinajstić information content (AvgIpc) is 2.99. The zero-order valence-corrected chi connectivity index (χ0v) is 14.6. The summed E-state index contributed by atoms with van der Waals surface area (Å²) in [7, 11) is 0. The number of hydrogen-bond donors (Lipinski definition) is 0. The summed E-state index contributed by atoms with van der Waals surface area (Å²) in [4.78, 5) is 0. The van der Waals surface area contributed by atoms with Crippen molar-refractivity contribution in [2.45, 2.75) is 27.7 Å². The Balaban J connectivity index is 2.22. The summed E-state index contributed by atoms with van der Waals surface area (Å²) in [5.41, 5.74) is 4.08. The van der Waals surface area contributed by atoms with Gasteiger partial charge in [-0.25, -0.2) is 4.39 Å². The maximum absolute atomic E-state index is 15.4. The van der Waals surface area contributed by atoms with Crippen LogP contribution in [0.25, 0.3) is 5.57 Å². The lowest BCUT2D eigenvalue weighted by molar-refractivity contribution is -0.363. The molecule has 0 N–H and O–H groups in total. The van der Waals surface area contributed by atoms with Gasteiger partial charge in [0.25, 0.3) is 0 Å². The van der Waals surface area contributed by atoms with Crippen LogP contribution in [-0.4, -0.2) is 21.6 Å². The molecule has 3 heterocycles. The molecule has 2 aromatic rings. The number of halogens is 3.